The fourth-order valence-electron chi connectivity index (χ4n) is 2.05. The zero-order chi connectivity index (χ0) is 14.7. The van der Waals surface area contributed by atoms with Crippen molar-refractivity contribution in [2.24, 2.45) is 0 Å². The molecule has 0 atom stereocenters. The van der Waals surface area contributed by atoms with Crippen molar-refractivity contribution in [3.8, 4) is 11.8 Å². The first-order valence-electron chi connectivity index (χ1n) is 6.41. The molecule has 0 spiro atoms. The van der Waals surface area contributed by atoms with E-state index in [0.29, 0.717) is 17.1 Å². The quantitative estimate of drug-likeness (QED) is 0.928. The number of halogens is 1. The first-order chi connectivity index (χ1) is 9.62. The summed E-state index contributed by atoms with van der Waals surface area (Å²) in [6.45, 7) is 5.42. The summed E-state index contributed by atoms with van der Waals surface area (Å²) in [5.41, 5.74) is 6.96. The topological polar surface area (TPSA) is 70.9 Å². The van der Waals surface area contributed by atoms with Crippen molar-refractivity contribution in [1.82, 2.24) is 9.78 Å². The van der Waals surface area contributed by atoms with Gasteiger partial charge in [-0.05, 0) is 38.1 Å². The van der Waals surface area contributed by atoms with Gasteiger partial charge in [0.15, 0.2) is 5.82 Å². The van der Waals surface area contributed by atoms with Gasteiger partial charge >= 0.3 is 0 Å². The summed E-state index contributed by atoms with van der Waals surface area (Å²) in [6.07, 6.45) is 0. The molecule has 5 nitrogen and oxygen atoms in total. The van der Waals surface area contributed by atoms with Gasteiger partial charge in [0.25, 0.3) is 0 Å². The van der Waals surface area contributed by atoms with Crippen LogP contribution in [0.2, 0.25) is 0 Å². The lowest BCUT2D eigenvalue weighted by Gasteiger charge is -2.17. The molecule has 0 saturated carbocycles. The highest BCUT2D eigenvalue weighted by Crippen LogP contribution is 2.26. The van der Waals surface area contributed by atoms with E-state index in [1.807, 2.05) is 18.7 Å². The zero-order valence-electron chi connectivity index (χ0n) is 11.5. The lowest BCUT2D eigenvalue weighted by Crippen LogP contribution is -2.23. The molecule has 2 N–H and O–H groups in total. The molecule has 1 aromatic carbocycles. The summed E-state index contributed by atoms with van der Waals surface area (Å²) in [6, 6.07) is 7.91. The summed E-state index contributed by atoms with van der Waals surface area (Å²) < 4.78 is 14.4. The highest BCUT2D eigenvalue weighted by molar-refractivity contribution is 5.67. The number of nitriles is 1. The number of aromatic nitrogens is 2. The molecular formula is C14H16FN5. The Morgan fingerprint density at radius 1 is 1.30 bits per heavy atom. The SMILES string of the molecule is CCN(CC)c1nn(-c2ccc(F)cc2)c(N)c1C#N. The number of anilines is 2. The summed E-state index contributed by atoms with van der Waals surface area (Å²) in [5.74, 6) is 0.490. The summed E-state index contributed by atoms with van der Waals surface area (Å²) in [4.78, 5) is 1.95. The zero-order valence-corrected chi connectivity index (χ0v) is 11.5. The smallest absolute Gasteiger partial charge is 0.171 e. The first kappa shape index (κ1) is 13.9. The number of nitrogens with two attached hydrogens (primary N) is 1. The van der Waals surface area contributed by atoms with Gasteiger partial charge in [-0.3, -0.25) is 0 Å². The second kappa shape index (κ2) is 5.61. The van der Waals surface area contributed by atoms with Crippen molar-refractivity contribution in [3.63, 3.8) is 0 Å². The third-order valence-electron chi connectivity index (χ3n) is 3.15. The van der Waals surface area contributed by atoms with Gasteiger partial charge in [0.05, 0.1) is 5.69 Å². The molecule has 0 aliphatic rings. The van der Waals surface area contributed by atoms with Gasteiger partial charge < -0.3 is 10.6 Å². The van der Waals surface area contributed by atoms with Gasteiger partial charge in [0.1, 0.15) is 23.3 Å². The Morgan fingerprint density at radius 2 is 1.90 bits per heavy atom. The van der Waals surface area contributed by atoms with Crippen LogP contribution >= 0.6 is 0 Å². The monoisotopic (exact) mass is 273 g/mol. The van der Waals surface area contributed by atoms with E-state index in [2.05, 4.69) is 11.2 Å². The van der Waals surface area contributed by atoms with Crippen LogP contribution in [-0.4, -0.2) is 22.9 Å². The lowest BCUT2D eigenvalue weighted by atomic mass is 10.3. The molecule has 0 saturated heterocycles. The normalized spacial score (nSPS) is 10.3. The van der Waals surface area contributed by atoms with Crippen molar-refractivity contribution in [2.75, 3.05) is 23.7 Å². The molecule has 1 heterocycles. The van der Waals surface area contributed by atoms with Gasteiger partial charge in [-0.25, -0.2) is 9.07 Å². The molecule has 0 aliphatic carbocycles. The van der Waals surface area contributed by atoms with Crippen molar-refractivity contribution in [1.29, 1.82) is 5.26 Å². The number of hydrogen-bond donors (Lipinski definition) is 1. The van der Waals surface area contributed by atoms with E-state index in [9.17, 15) is 9.65 Å². The van der Waals surface area contributed by atoms with Crippen LogP contribution in [0, 0.1) is 17.1 Å². The number of rotatable bonds is 4. The Kier molecular flexibility index (Phi) is 3.89. The van der Waals surface area contributed by atoms with Gasteiger partial charge in [0, 0.05) is 13.1 Å². The second-order valence-electron chi connectivity index (χ2n) is 4.26. The predicted octanol–water partition coefficient (Wildman–Crippen LogP) is 2.31. The Morgan fingerprint density at radius 3 is 2.40 bits per heavy atom. The summed E-state index contributed by atoms with van der Waals surface area (Å²) >= 11 is 0. The standard InChI is InChI=1S/C14H16FN5/c1-3-19(4-2)14-12(9-16)13(17)20(18-14)11-7-5-10(15)6-8-11/h5-8H,3-4,17H2,1-2H3. The molecule has 2 rings (SSSR count). The van der Waals surface area contributed by atoms with Crippen molar-refractivity contribution >= 4 is 11.6 Å². The average Bonchev–Trinajstić information content (AvgIpc) is 2.78. The van der Waals surface area contributed by atoms with Crippen molar-refractivity contribution in [2.45, 2.75) is 13.8 Å². The molecule has 0 unspecified atom stereocenters. The molecule has 2 aromatic rings. The van der Waals surface area contributed by atoms with Crippen LogP contribution in [0.4, 0.5) is 16.0 Å². The minimum Gasteiger partial charge on any atom is -0.382 e. The summed E-state index contributed by atoms with van der Waals surface area (Å²) in [7, 11) is 0. The molecule has 6 heteroatoms. The molecule has 0 bridgehead atoms. The molecule has 1 aromatic heterocycles. The van der Waals surface area contributed by atoms with Gasteiger partial charge in [-0.2, -0.15) is 5.26 Å². The van der Waals surface area contributed by atoms with Crippen molar-refractivity contribution in [3.05, 3.63) is 35.6 Å². The first-order valence-corrected chi connectivity index (χ1v) is 6.41. The van der Waals surface area contributed by atoms with Gasteiger partial charge in [0.2, 0.25) is 0 Å². The maximum absolute atomic E-state index is 13.0. The molecule has 0 fully saturated rings. The number of nitrogen functional groups attached to an aromatic ring is 1. The van der Waals surface area contributed by atoms with E-state index in [1.54, 1.807) is 12.1 Å². The van der Waals surface area contributed by atoms with Crippen LogP contribution in [-0.2, 0) is 0 Å². The second-order valence-corrected chi connectivity index (χ2v) is 4.26. The molecule has 20 heavy (non-hydrogen) atoms. The third kappa shape index (κ3) is 2.30. The molecule has 0 radical (unpaired) electrons. The Labute approximate surface area is 117 Å². The van der Waals surface area contributed by atoms with Gasteiger partial charge in [-0.1, -0.05) is 0 Å². The largest absolute Gasteiger partial charge is 0.382 e. The molecule has 0 aliphatic heterocycles. The minimum atomic E-state index is -0.330. The highest BCUT2D eigenvalue weighted by Gasteiger charge is 2.19. The Balaban J connectivity index is 2.56. The fraction of sp³-hybridized carbons (Fsp3) is 0.286. The van der Waals surface area contributed by atoms with Crippen LogP contribution in [0.25, 0.3) is 5.69 Å². The lowest BCUT2D eigenvalue weighted by molar-refractivity contribution is 0.627. The van der Waals surface area contributed by atoms with E-state index in [4.69, 9.17) is 5.73 Å². The van der Waals surface area contributed by atoms with Gasteiger partial charge in [-0.15, -0.1) is 5.10 Å². The third-order valence-corrected chi connectivity index (χ3v) is 3.15. The molecule has 104 valence electrons. The highest BCUT2D eigenvalue weighted by atomic mass is 19.1. The number of benzene rings is 1. The molecule has 0 amide bonds. The van der Waals surface area contributed by atoms with E-state index in [0.717, 1.165) is 13.1 Å². The predicted molar refractivity (Wildman–Crippen MR) is 76.2 cm³/mol. The van der Waals surface area contributed by atoms with Crippen LogP contribution in [0.1, 0.15) is 19.4 Å². The average molecular weight is 273 g/mol. The molecular weight excluding hydrogens is 257 g/mol. The van der Waals surface area contributed by atoms with E-state index in [-0.39, 0.29) is 11.6 Å². The van der Waals surface area contributed by atoms with Crippen LogP contribution in [0.15, 0.2) is 24.3 Å². The maximum atomic E-state index is 13.0. The number of nitrogens with zero attached hydrogens (tertiary/aromatic N) is 4. The van der Waals surface area contributed by atoms with Crippen LogP contribution < -0.4 is 10.6 Å². The van der Waals surface area contributed by atoms with Crippen molar-refractivity contribution < 1.29 is 4.39 Å². The van der Waals surface area contributed by atoms with Crippen LogP contribution in [0.5, 0.6) is 0 Å². The fourth-order valence-corrected chi connectivity index (χ4v) is 2.05. The van der Waals surface area contributed by atoms with E-state index < -0.39 is 0 Å². The maximum Gasteiger partial charge on any atom is 0.171 e. The minimum absolute atomic E-state index is 0.265. The Bertz CT molecular complexity index is 635. The Hall–Kier alpha value is -2.55. The summed E-state index contributed by atoms with van der Waals surface area (Å²) in [5, 5.41) is 13.7. The van der Waals surface area contributed by atoms with E-state index in [1.165, 1.54) is 16.8 Å². The number of hydrogen-bond acceptors (Lipinski definition) is 4. The van der Waals surface area contributed by atoms with E-state index >= 15 is 0 Å². The van der Waals surface area contributed by atoms with Crippen LogP contribution in [0.3, 0.4) is 0 Å².